The zero-order chi connectivity index (χ0) is 14.3. The van der Waals surface area contributed by atoms with Crippen molar-refractivity contribution in [1.82, 2.24) is 10.2 Å². The Balaban J connectivity index is 2.56. The van der Waals surface area contributed by atoms with E-state index in [9.17, 15) is 0 Å². The fraction of sp³-hybridized carbons (Fsp3) is 1.00. The number of nitrogens with zero attached hydrogens (tertiary/aromatic N) is 1. The van der Waals surface area contributed by atoms with Crippen molar-refractivity contribution >= 4 is 0 Å². The minimum Gasteiger partial charge on any atom is -0.312 e. The molecule has 1 fully saturated rings. The van der Waals surface area contributed by atoms with Crippen molar-refractivity contribution in [3.63, 3.8) is 0 Å². The number of rotatable bonds is 11. The van der Waals surface area contributed by atoms with Crippen molar-refractivity contribution < 1.29 is 0 Å². The molecular formula is C17H36N2. The molecule has 0 spiro atoms. The van der Waals surface area contributed by atoms with Crippen molar-refractivity contribution in [3.05, 3.63) is 0 Å². The zero-order valence-electron chi connectivity index (χ0n) is 13.9. The van der Waals surface area contributed by atoms with E-state index in [-0.39, 0.29) is 0 Å². The van der Waals surface area contributed by atoms with Crippen LogP contribution in [-0.2, 0) is 0 Å². The first-order valence-corrected chi connectivity index (χ1v) is 8.59. The molecule has 1 N–H and O–H groups in total. The van der Waals surface area contributed by atoms with E-state index in [1.165, 1.54) is 51.7 Å². The van der Waals surface area contributed by atoms with Crippen LogP contribution in [0.15, 0.2) is 0 Å². The molecule has 19 heavy (non-hydrogen) atoms. The molecule has 0 amide bonds. The Morgan fingerprint density at radius 2 is 1.68 bits per heavy atom. The second kappa shape index (κ2) is 8.97. The second-order valence-corrected chi connectivity index (χ2v) is 6.72. The molecular weight excluding hydrogens is 232 g/mol. The largest absolute Gasteiger partial charge is 0.312 e. The van der Waals surface area contributed by atoms with Crippen LogP contribution in [0.5, 0.6) is 0 Å². The third kappa shape index (κ3) is 6.27. The molecule has 0 aromatic carbocycles. The van der Waals surface area contributed by atoms with Crippen molar-refractivity contribution in [2.24, 2.45) is 11.8 Å². The summed E-state index contributed by atoms with van der Waals surface area (Å²) in [5.41, 5.74) is 0. The molecule has 1 rings (SSSR count). The monoisotopic (exact) mass is 268 g/mol. The summed E-state index contributed by atoms with van der Waals surface area (Å²) in [4.78, 5) is 2.76. The SMILES string of the molecule is CCCNC(CN(CC(C)C)C(CC)CC)C1CC1. The van der Waals surface area contributed by atoms with Crippen molar-refractivity contribution in [1.29, 1.82) is 0 Å². The first-order chi connectivity index (χ1) is 9.12. The number of hydrogen-bond donors (Lipinski definition) is 1. The van der Waals surface area contributed by atoms with Crippen LogP contribution in [0.25, 0.3) is 0 Å². The van der Waals surface area contributed by atoms with Gasteiger partial charge in [0.1, 0.15) is 0 Å². The van der Waals surface area contributed by atoms with Gasteiger partial charge in [-0.3, -0.25) is 4.90 Å². The highest BCUT2D eigenvalue weighted by atomic mass is 15.2. The smallest absolute Gasteiger partial charge is 0.0223 e. The van der Waals surface area contributed by atoms with Crippen LogP contribution in [0, 0.1) is 11.8 Å². The molecule has 0 aliphatic heterocycles. The van der Waals surface area contributed by atoms with Gasteiger partial charge < -0.3 is 5.32 Å². The van der Waals surface area contributed by atoms with E-state index in [0.29, 0.717) is 0 Å². The molecule has 2 heteroatoms. The molecule has 1 aliphatic carbocycles. The minimum atomic E-state index is 0.735. The first-order valence-electron chi connectivity index (χ1n) is 8.59. The molecule has 114 valence electrons. The lowest BCUT2D eigenvalue weighted by Crippen LogP contribution is -2.47. The van der Waals surface area contributed by atoms with Gasteiger partial charge in [0.15, 0.2) is 0 Å². The molecule has 1 atom stereocenters. The van der Waals surface area contributed by atoms with E-state index in [4.69, 9.17) is 0 Å². The fourth-order valence-corrected chi connectivity index (χ4v) is 3.11. The molecule has 0 aromatic heterocycles. The maximum absolute atomic E-state index is 3.80. The van der Waals surface area contributed by atoms with E-state index in [1.54, 1.807) is 0 Å². The molecule has 0 radical (unpaired) electrons. The van der Waals surface area contributed by atoms with Crippen LogP contribution in [-0.4, -0.2) is 36.6 Å². The molecule has 0 saturated heterocycles. The van der Waals surface area contributed by atoms with Crippen LogP contribution in [0.2, 0.25) is 0 Å². The Hall–Kier alpha value is -0.0800. The Morgan fingerprint density at radius 3 is 2.11 bits per heavy atom. The standard InChI is InChI=1S/C17H36N2/c1-6-11-18-17(15-9-10-15)13-19(12-14(4)5)16(7-2)8-3/h14-18H,6-13H2,1-5H3. The highest BCUT2D eigenvalue weighted by molar-refractivity contribution is 4.89. The average molecular weight is 268 g/mol. The van der Waals surface area contributed by atoms with E-state index in [2.05, 4.69) is 44.8 Å². The molecule has 1 saturated carbocycles. The van der Waals surface area contributed by atoms with Gasteiger partial charge in [-0.1, -0.05) is 34.6 Å². The molecule has 0 bridgehead atoms. The lowest BCUT2D eigenvalue weighted by Gasteiger charge is -2.35. The van der Waals surface area contributed by atoms with Crippen LogP contribution in [0.4, 0.5) is 0 Å². The molecule has 2 nitrogen and oxygen atoms in total. The maximum atomic E-state index is 3.80. The predicted octanol–water partition coefficient (Wildman–Crippen LogP) is 3.91. The van der Waals surface area contributed by atoms with Gasteiger partial charge in [-0.2, -0.15) is 0 Å². The predicted molar refractivity (Wildman–Crippen MR) is 85.6 cm³/mol. The summed E-state index contributed by atoms with van der Waals surface area (Å²) in [7, 11) is 0. The summed E-state index contributed by atoms with van der Waals surface area (Å²) in [5, 5.41) is 3.80. The second-order valence-electron chi connectivity index (χ2n) is 6.72. The van der Waals surface area contributed by atoms with Crippen molar-refractivity contribution in [2.45, 2.75) is 78.8 Å². The fourth-order valence-electron chi connectivity index (χ4n) is 3.11. The van der Waals surface area contributed by atoms with E-state index >= 15 is 0 Å². The average Bonchev–Trinajstić information content (AvgIpc) is 3.19. The zero-order valence-corrected chi connectivity index (χ0v) is 13.9. The third-order valence-electron chi connectivity index (χ3n) is 4.34. The number of nitrogens with one attached hydrogen (secondary N) is 1. The lowest BCUT2D eigenvalue weighted by atomic mass is 10.0. The molecule has 1 aliphatic rings. The minimum absolute atomic E-state index is 0.735. The van der Waals surface area contributed by atoms with Crippen LogP contribution < -0.4 is 5.32 Å². The summed E-state index contributed by atoms with van der Waals surface area (Å²) in [5.74, 6) is 1.72. The van der Waals surface area contributed by atoms with Gasteiger partial charge in [-0.25, -0.2) is 0 Å². The maximum Gasteiger partial charge on any atom is 0.0223 e. The number of hydrogen-bond acceptors (Lipinski definition) is 2. The van der Waals surface area contributed by atoms with Gasteiger partial charge in [0.2, 0.25) is 0 Å². The van der Waals surface area contributed by atoms with Crippen LogP contribution in [0.1, 0.15) is 66.7 Å². The molecule has 0 aromatic rings. The normalized spacial score (nSPS) is 17.7. The van der Waals surface area contributed by atoms with Crippen molar-refractivity contribution in [2.75, 3.05) is 19.6 Å². The quantitative estimate of drug-likeness (QED) is 0.611. The summed E-state index contributed by atoms with van der Waals surface area (Å²) in [6, 6.07) is 1.51. The summed E-state index contributed by atoms with van der Waals surface area (Å²) >= 11 is 0. The van der Waals surface area contributed by atoms with E-state index in [0.717, 1.165) is 23.9 Å². The lowest BCUT2D eigenvalue weighted by molar-refractivity contribution is 0.143. The molecule has 1 unspecified atom stereocenters. The summed E-state index contributed by atoms with van der Waals surface area (Å²) < 4.78 is 0. The van der Waals surface area contributed by atoms with E-state index < -0.39 is 0 Å². The van der Waals surface area contributed by atoms with Crippen molar-refractivity contribution in [3.8, 4) is 0 Å². The van der Waals surface area contributed by atoms with Gasteiger partial charge in [0.25, 0.3) is 0 Å². The van der Waals surface area contributed by atoms with Gasteiger partial charge in [0.05, 0.1) is 0 Å². The topological polar surface area (TPSA) is 15.3 Å². The molecule has 0 heterocycles. The van der Waals surface area contributed by atoms with Crippen LogP contribution >= 0.6 is 0 Å². The van der Waals surface area contributed by atoms with Gasteiger partial charge in [-0.15, -0.1) is 0 Å². The van der Waals surface area contributed by atoms with Crippen LogP contribution in [0.3, 0.4) is 0 Å². The summed E-state index contributed by atoms with van der Waals surface area (Å²) in [6.07, 6.45) is 6.71. The Labute approximate surface area is 121 Å². The Kier molecular flexibility index (Phi) is 8.01. The Bertz CT molecular complexity index is 219. The summed E-state index contributed by atoms with van der Waals surface area (Å²) in [6.45, 7) is 15.3. The van der Waals surface area contributed by atoms with Gasteiger partial charge in [0, 0.05) is 25.2 Å². The highest BCUT2D eigenvalue weighted by Gasteiger charge is 2.33. The van der Waals surface area contributed by atoms with E-state index in [1.807, 2.05) is 0 Å². The van der Waals surface area contributed by atoms with Gasteiger partial charge >= 0.3 is 0 Å². The highest BCUT2D eigenvalue weighted by Crippen LogP contribution is 2.33. The first kappa shape index (κ1) is 17.0. The Morgan fingerprint density at radius 1 is 1.05 bits per heavy atom. The van der Waals surface area contributed by atoms with Gasteiger partial charge in [-0.05, 0) is 50.5 Å². The third-order valence-corrected chi connectivity index (χ3v) is 4.34.